The number of hydrogen-bond acceptors (Lipinski definition) is 10. The Hall–Kier alpha value is -1.71. The van der Waals surface area contributed by atoms with E-state index >= 15 is 0 Å². The Morgan fingerprint density at radius 3 is 2.45 bits per heavy atom. The molecule has 164 valence electrons. The van der Waals surface area contributed by atoms with Gasteiger partial charge in [0.25, 0.3) is 5.56 Å². The largest absolute Gasteiger partial charge is 0.394 e. The lowest BCUT2D eigenvalue weighted by atomic mass is 10.0. The lowest BCUT2D eigenvalue weighted by Crippen LogP contribution is -2.44. The molecule has 0 radical (unpaired) electrons. The summed E-state index contributed by atoms with van der Waals surface area (Å²) in [5.41, 5.74) is -1.56. The molecule has 2 aliphatic rings. The van der Waals surface area contributed by atoms with Crippen LogP contribution in [-0.4, -0.2) is 97.4 Å². The Balaban J connectivity index is 1.79. The molecule has 3 heterocycles. The van der Waals surface area contributed by atoms with Crippen LogP contribution in [-0.2, 0) is 14.2 Å². The van der Waals surface area contributed by atoms with Gasteiger partial charge in [0.2, 0.25) is 0 Å². The van der Waals surface area contributed by atoms with Crippen molar-refractivity contribution in [1.82, 2.24) is 9.55 Å². The van der Waals surface area contributed by atoms with Gasteiger partial charge in [-0.1, -0.05) is 0 Å². The van der Waals surface area contributed by atoms with Crippen LogP contribution in [0.2, 0.25) is 0 Å². The van der Waals surface area contributed by atoms with Crippen molar-refractivity contribution in [3.8, 4) is 0 Å². The van der Waals surface area contributed by atoms with Gasteiger partial charge in [-0.15, -0.1) is 0 Å². The second kappa shape index (κ2) is 8.97. The Labute approximate surface area is 162 Å². The molecular formula is C16H23FN2O10. The summed E-state index contributed by atoms with van der Waals surface area (Å²) in [4.78, 5) is 25.1. The zero-order chi connectivity index (χ0) is 21.3. The minimum atomic E-state index is -1.61. The van der Waals surface area contributed by atoms with E-state index in [-0.39, 0.29) is 6.42 Å². The summed E-state index contributed by atoms with van der Waals surface area (Å²) < 4.78 is 30.1. The predicted octanol–water partition coefficient (Wildman–Crippen LogP) is -3.66. The number of halogens is 1. The fourth-order valence-electron chi connectivity index (χ4n) is 3.42. The van der Waals surface area contributed by atoms with Gasteiger partial charge in [-0.2, -0.15) is 0 Å². The van der Waals surface area contributed by atoms with E-state index in [1.54, 1.807) is 0 Å². The highest BCUT2D eigenvalue weighted by atomic mass is 19.1. The number of nitrogens with one attached hydrogen (secondary N) is 1. The molecular weight excluding hydrogens is 399 g/mol. The molecule has 2 aliphatic heterocycles. The second-order valence-electron chi connectivity index (χ2n) is 6.85. The molecule has 0 bridgehead atoms. The molecule has 2 saturated heterocycles. The van der Waals surface area contributed by atoms with Gasteiger partial charge in [-0.3, -0.25) is 18.7 Å². The van der Waals surface area contributed by atoms with Crippen molar-refractivity contribution >= 4 is 0 Å². The lowest BCUT2D eigenvalue weighted by Gasteiger charge is -2.28. The van der Waals surface area contributed by atoms with Gasteiger partial charge in [0.05, 0.1) is 19.4 Å². The third-order valence-electron chi connectivity index (χ3n) is 4.97. The van der Waals surface area contributed by atoms with Crippen LogP contribution in [0.3, 0.4) is 0 Å². The highest BCUT2D eigenvalue weighted by Gasteiger charge is 2.50. The Morgan fingerprint density at radius 1 is 1.14 bits per heavy atom. The predicted molar refractivity (Wildman–Crippen MR) is 90.5 cm³/mol. The molecule has 0 aliphatic carbocycles. The highest BCUT2D eigenvalue weighted by molar-refractivity contribution is 4.96. The summed E-state index contributed by atoms with van der Waals surface area (Å²) in [6.45, 7) is -1.50. The number of aromatic amines is 1. The van der Waals surface area contributed by atoms with Crippen molar-refractivity contribution in [2.24, 2.45) is 0 Å². The van der Waals surface area contributed by atoms with E-state index in [0.29, 0.717) is 0 Å². The maximum absolute atomic E-state index is 13.1. The van der Waals surface area contributed by atoms with E-state index in [1.807, 2.05) is 4.98 Å². The highest BCUT2D eigenvalue weighted by Crippen LogP contribution is 2.34. The van der Waals surface area contributed by atoms with Gasteiger partial charge < -0.3 is 39.7 Å². The number of aliphatic hydroxyl groups excluding tert-OH is 5. The molecule has 0 saturated carbocycles. The Bertz CT molecular complexity index is 802. The van der Waals surface area contributed by atoms with Gasteiger partial charge in [0, 0.05) is 18.7 Å². The molecule has 12 nitrogen and oxygen atoms in total. The molecule has 9 atom stereocenters. The van der Waals surface area contributed by atoms with Gasteiger partial charge in [0.15, 0.2) is 12.5 Å². The second-order valence-corrected chi connectivity index (χ2v) is 6.85. The molecule has 6 N–H and O–H groups in total. The van der Waals surface area contributed by atoms with Crippen molar-refractivity contribution < 1.29 is 44.1 Å². The quantitative estimate of drug-likeness (QED) is 0.256. The summed E-state index contributed by atoms with van der Waals surface area (Å²) in [5.74, 6) is 0. The average Bonchev–Trinajstić information content (AvgIpc) is 3.12. The van der Waals surface area contributed by atoms with Crippen molar-refractivity contribution in [1.29, 1.82) is 0 Å². The maximum Gasteiger partial charge on any atom is 0.330 e. The number of nitrogens with zero attached hydrogens (tertiary/aromatic N) is 1. The Morgan fingerprint density at radius 2 is 1.86 bits per heavy atom. The standard InChI is InChI=1S/C16H23FN2O10/c17-3-1-6(27-15-12(25)9(22)7(5-20)28-15)13-10(23)11(24)14(29-13)19-4-2-8(21)18-16(19)26/h2,4,6-7,9-15,20,22-25H,1,3,5H2,(H,18,21,26)/t6?,7-,9-,10+,11-,12+,13-,14-,15?/m1/s1. The van der Waals surface area contributed by atoms with Gasteiger partial charge in [0.1, 0.15) is 36.6 Å². The number of aliphatic hydroxyl groups is 5. The van der Waals surface area contributed by atoms with Crippen LogP contribution < -0.4 is 11.2 Å². The summed E-state index contributed by atoms with van der Waals surface area (Å²) in [5, 5.41) is 49.6. The maximum atomic E-state index is 13.1. The molecule has 29 heavy (non-hydrogen) atoms. The zero-order valence-corrected chi connectivity index (χ0v) is 15.1. The first-order chi connectivity index (χ1) is 13.8. The molecule has 0 amide bonds. The SMILES string of the molecule is O=c1ccn([C@@H]2O[C@H](C(CCF)OC3O[C@H](CO)[C@@H](O)[C@@H]3O)[C@@H](O)[C@H]2O)c(=O)[nH]1. The molecule has 2 fully saturated rings. The number of aromatic nitrogens is 2. The molecule has 2 unspecified atom stereocenters. The van der Waals surface area contributed by atoms with E-state index in [1.165, 1.54) is 0 Å². The van der Waals surface area contributed by atoms with E-state index in [2.05, 4.69) is 0 Å². The Kier molecular flexibility index (Phi) is 6.80. The van der Waals surface area contributed by atoms with Gasteiger partial charge >= 0.3 is 5.69 Å². The minimum absolute atomic E-state index is 0.325. The normalized spacial score (nSPS) is 38.4. The molecule has 3 rings (SSSR count). The fraction of sp³-hybridized carbons (Fsp3) is 0.750. The van der Waals surface area contributed by atoms with Crippen LogP contribution in [0.5, 0.6) is 0 Å². The third-order valence-corrected chi connectivity index (χ3v) is 4.97. The summed E-state index contributed by atoms with van der Waals surface area (Å²) >= 11 is 0. The van der Waals surface area contributed by atoms with Crippen LogP contribution in [0.25, 0.3) is 0 Å². The van der Waals surface area contributed by atoms with Crippen LogP contribution in [0.4, 0.5) is 4.39 Å². The van der Waals surface area contributed by atoms with Crippen LogP contribution in [0.1, 0.15) is 12.6 Å². The number of hydrogen-bond donors (Lipinski definition) is 6. The molecule has 1 aromatic heterocycles. The van der Waals surface area contributed by atoms with Crippen molar-refractivity contribution in [2.45, 2.75) is 61.7 Å². The first-order valence-corrected chi connectivity index (χ1v) is 8.95. The first-order valence-electron chi connectivity index (χ1n) is 8.95. The fourth-order valence-corrected chi connectivity index (χ4v) is 3.42. The molecule has 0 spiro atoms. The minimum Gasteiger partial charge on any atom is -0.394 e. The van der Waals surface area contributed by atoms with Crippen molar-refractivity contribution in [3.05, 3.63) is 33.1 Å². The van der Waals surface area contributed by atoms with E-state index in [4.69, 9.17) is 19.3 Å². The van der Waals surface area contributed by atoms with E-state index in [9.17, 15) is 34.4 Å². The summed E-state index contributed by atoms with van der Waals surface area (Å²) in [6, 6.07) is 1.02. The van der Waals surface area contributed by atoms with E-state index < -0.39 is 79.8 Å². The van der Waals surface area contributed by atoms with Crippen LogP contribution >= 0.6 is 0 Å². The molecule has 0 aromatic carbocycles. The van der Waals surface area contributed by atoms with E-state index in [0.717, 1.165) is 16.8 Å². The summed E-state index contributed by atoms with van der Waals surface area (Å²) in [7, 11) is 0. The van der Waals surface area contributed by atoms with Gasteiger partial charge in [-0.25, -0.2) is 4.79 Å². The summed E-state index contributed by atoms with van der Waals surface area (Å²) in [6.07, 6.45) is -12.0. The van der Waals surface area contributed by atoms with Gasteiger partial charge in [-0.05, 0) is 0 Å². The van der Waals surface area contributed by atoms with Crippen LogP contribution in [0, 0.1) is 0 Å². The number of rotatable bonds is 7. The monoisotopic (exact) mass is 422 g/mol. The van der Waals surface area contributed by atoms with Crippen LogP contribution in [0.15, 0.2) is 21.9 Å². The topological polar surface area (TPSA) is 184 Å². The smallest absolute Gasteiger partial charge is 0.330 e. The van der Waals surface area contributed by atoms with Crippen molar-refractivity contribution in [3.63, 3.8) is 0 Å². The average molecular weight is 422 g/mol. The number of ether oxygens (including phenoxy) is 3. The number of H-pyrrole nitrogens is 1. The zero-order valence-electron chi connectivity index (χ0n) is 15.1. The molecule has 1 aromatic rings. The van der Waals surface area contributed by atoms with Crippen molar-refractivity contribution in [2.75, 3.05) is 13.3 Å². The third kappa shape index (κ3) is 4.27. The number of alkyl halides is 1. The first kappa shape index (κ1) is 22.0. The lowest BCUT2D eigenvalue weighted by molar-refractivity contribution is -0.224. The molecule has 13 heteroatoms.